The summed E-state index contributed by atoms with van der Waals surface area (Å²) >= 11 is 0. The largest absolute Gasteiger partial charge is 0.488 e. The van der Waals surface area contributed by atoms with Gasteiger partial charge in [-0.25, -0.2) is 9.36 Å². The van der Waals surface area contributed by atoms with Gasteiger partial charge in [0.05, 0.1) is 28.3 Å². The number of nitrogens with zero attached hydrogens (tertiary/aromatic N) is 5. The van der Waals surface area contributed by atoms with Crippen LogP contribution in [0.1, 0.15) is 55.7 Å². The monoisotopic (exact) mass is 462 g/mol. The number of amides is 1. The van der Waals surface area contributed by atoms with E-state index in [1.165, 1.54) is 0 Å². The molecule has 0 aliphatic rings. The predicted molar refractivity (Wildman–Crippen MR) is 128 cm³/mol. The van der Waals surface area contributed by atoms with E-state index in [-0.39, 0.29) is 18.2 Å². The predicted octanol–water partition coefficient (Wildman–Crippen LogP) is 4.56. The fourth-order valence-electron chi connectivity index (χ4n) is 3.90. The lowest BCUT2D eigenvalue weighted by atomic mass is 10.1. The lowest BCUT2D eigenvalue weighted by Gasteiger charge is -2.11. The van der Waals surface area contributed by atoms with E-state index in [0.29, 0.717) is 29.4 Å². The zero-order chi connectivity index (χ0) is 24.6. The fourth-order valence-corrected chi connectivity index (χ4v) is 3.90. The Morgan fingerprint density at radius 2 is 1.82 bits per heavy atom. The van der Waals surface area contributed by atoms with Gasteiger partial charge in [-0.15, -0.1) is 0 Å². The summed E-state index contributed by atoms with van der Waals surface area (Å²) in [4.78, 5) is 13.2. The van der Waals surface area contributed by atoms with Gasteiger partial charge in [0, 0.05) is 5.69 Å². The molecule has 4 rings (SSSR count). The summed E-state index contributed by atoms with van der Waals surface area (Å²) in [5.74, 6) is 0.946. The number of ether oxygens (including phenoxy) is 1. The summed E-state index contributed by atoms with van der Waals surface area (Å²) in [7, 11) is 0. The topological polar surface area (TPSA) is 100 Å². The van der Waals surface area contributed by atoms with Crippen LogP contribution in [-0.4, -0.2) is 30.6 Å². The number of aryl methyl sites for hydroxylation is 5. The summed E-state index contributed by atoms with van der Waals surface area (Å²) in [6.45, 7) is 14.2. The highest BCUT2D eigenvalue weighted by Crippen LogP contribution is 2.25. The third-order valence-corrected chi connectivity index (χ3v) is 6.12. The molecule has 9 heteroatoms. The van der Waals surface area contributed by atoms with Gasteiger partial charge in [0.2, 0.25) is 0 Å². The molecule has 0 saturated heterocycles. The van der Waals surface area contributed by atoms with Crippen molar-refractivity contribution in [2.75, 3.05) is 5.32 Å². The number of benzene rings is 1. The van der Waals surface area contributed by atoms with Crippen LogP contribution < -0.4 is 10.1 Å². The first-order valence-electron chi connectivity index (χ1n) is 11.2. The highest BCUT2D eigenvalue weighted by Gasteiger charge is 2.23. The minimum atomic E-state index is -0.367. The van der Waals surface area contributed by atoms with E-state index in [9.17, 15) is 4.79 Å². The SMILES string of the molecule is Cc1cc(C)n(Cn2nc(C)c(NC(=O)c3noc(C)c3COc3cccc(C)c3C)c2C)n1. The zero-order valence-corrected chi connectivity index (χ0v) is 20.7. The fraction of sp³-hybridized carbons (Fsp3) is 0.360. The molecule has 9 nitrogen and oxygen atoms in total. The van der Waals surface area contributed by atoms with E-state index in [2.05, 4.69) is 20.7 Å². The average Bonchev–Trinajstić information content (AvgIpc) is 3.40. The number of rotatable bonds is 7. The molecular weight excluding hydrogens is 432 g/mol. The number of carbonyl (C=O) groups excluding carboxylic acids is 1. The van der Waals surface area contributed by atoms with Crippen LogP contribution in [0.25, 0.3) is 0 Å². The van der Waals surface area contributed by atoms with Crippen LogP contribution in [0.3, 0.4) is 0 Å². The molecule has 0 atom stereocenters. The molecule has 0 spiro atoms. The standard InChI is InChI=1S/C25H30N6O3/c1-14-9-8-10-22(17(14)4)33-12-21-20(7)34-29-24(21)25(32)26-23-18(5)28-31(19(23)6)13-30-16(3)11-15(2)27-30/h8-11H,12-13H2,1-7H3,(H,26,32). The second-order valence-electron chi connectivity index (χ2n) is 8.62. The van der Waals surface area contributed by atoms with Crippen molar-refractivity contribution >= 4 is 11.6 Å². The molecule has 0 aliphatic heterocycles. The maximum absolute atomic E-state index is 13.2. The molecule has 178 valence electrons. The van der Waals surface area contributed by atoms with E-state index in [1.54, 1.807) is 6.92 Å². The number of nitrogens with one attached hydrogen (secondary N) is 1. The molecule has 1 aromatic carbocycles. The number of hydrogen-bond donors (Lipinski definition) is 1. The van der Waals surface area contributed by atoms with Gasteiger partial charge >= 0.3 is 0 Å². The van der Waals surface area contributed by atoms with Crippen molar-refractivity contribution in [3.8, 4) is 5.75 Å². The number of hydrogen-bond acceptors (Lipinski definition) is 6. The Hall–Kier alpha value is -3.88. The first-order chi connectivity index (χ1) is 16.2. The molecular formula is C25H30N6O3. The van der Waals surface area contributed by atoms with Crippen molar-refractivity contribution in [1.29, 1.82) is 0 Å². The Balaban J connectivity index is 1.53. The molecule has 3 heterocycles. The van der Waals surface area contributed by atoms with E-state index in [4.69, 9.17) is 9.26 Å². The van der Waals surface area contributed by atoms with Crippen LogP contribution in [-0.2, 0) is 13.3 Å². The summed E-state index contributed by atoms with van der Waals surface area (Å²) in [6, 6.07) is 7.91. The summed E-state index contributed by atoms with van der Waals surface area (Å²) in [6.07, 6.45) is 0. The van der Waals surface area contributed by atoms with Crippen molar-refractivity contribution in [1.82, 2.24) is 24.7 Å². The molecule has 0 unspecified atom stereocenters. The minimum absolute atomic E-state index is 0.178. The normalized spacial score (nSPS) is 11.1. The number of carbonyl (C=O) groups is 1. The minimum Gasteiger partial charge on any atom is -0.488 e. The highest BCUT2D eigenvalue weighted by atomic mass is 16.5. The number of aromatic nitrogens is 5. The molecule has 0 fully saturated rings. The van der Waals surface area contributed by atoms with Gasteiger partial charge in [-0.05, 0) is 71.7 Å². The number of anilines is 1. The Labute approximate surface area is 198 Å². The van der Waals surface area contributed by atoms with Gasteiger partial charge < -0.3 is 14.6 Å². The molecule has 4 aromatic rings. The van der Waals surface area contributed by atoms with Crippen LogP contribution in [0.5, 0.6) is 5.75 Å². The van der Waals surface area contributed by atoms with E-state index < -0.39 is 0 Å². The van der Waals surface area contributed by atoms with Gasteiger partial charge in [-0.2, -0.15) is 10.2 Å². The van der Waals surface area contributed by atoms with Crippen LogP contribution in [0.4, 0.5) is 5.69 Å². The summed E-state index contributed by atoms with van der Waals surface area (Å²) in [5, 5.41) is 16.1. The average molecular weight is 463 g/mol. The first kappa shape index (κ1) is 23.3. The van der Waals surface area contributed by atoms with Crippen LogP contribution in [0.2, 0.25) is 0 Å². The van der Waals surface area contributed by atoms with Gasteiger partial charge in [0.15, 0.2) is 5.69 Å². The highest BCUT2D eigenvalue weighted by molar-refractivity contribution is 6.04. The van der Waals surface area contributed by atoms with Crippen molar-refractivity contribution < 1.29 is 14.1 Å². The van der Waals surface area contributed by atoms with Gasteiger partial charge in [0.1, 0.15) is 24.8 Å². The lowest BCUT2D eigenvalue weighted by molar-refractivity contribution is 0.101. The Morgan fingerprint density at radius 3 is 2.53 bits per heavy atom. The van der Waals surface area contributed by atoms with Crippen molar-refractivity contribution in [2.24, 2.45) is 0 Å². The molecule has 34 heavy (non-hydrogen) atoms. The maximum Gasteiger partial charge on any atom is 0.278 e. The molecule has 0 radical (unpaired) electrons. The van der Waals surface area contributed by atoms with E-state index >= 15 is 0 Å². The van der Waals surface area contributed by atoms with E-state index in [0.717, 1.165) is 34.0 Å². The Bertz CT molecular complexity index is 1360. The van der Waals surface area contributed by atoms with Gasteiger partial charge in [-0.1, -0.05) is 17.3 Å². The second-order valence-corrected chi connectivity index (χ2v) is 8.62. The van der Waals surface area contributed by atoms with Crippen LogP contribution in [0, 0.1) is 48.5 Å². The lowest BCUT2D eigenvalue weighted by Crippen LogP contribution is -2.17. The zero-order valence-electron chi connectivity index (χ0n) is 20.7. The van der Waals surface area contributed by atoms with Crippen LogP contribution in [0.15, 0.2) is 28.8 Å². The summed E-state index contributed by atoms with van der Waals surface area (Å²) in [5.41, 5.74) is 7.19. The molecule has 1 N–H and O–H groups in total. The molecule has 1 amide bonds. The maximum atomic E-state index is 13.2. The smallest absolute Gasteiger partial charge is 0.278 e. The van der Waals surface area contributed by atoms with Gasteiger partial charge in [-0.3, -0.25) is 4.79 Å². The van der Waals surface area contributed by atoms with Crippen molar-refractivity contribution in [3.63, 3.8) is 0 Å². The molecule has 0 saturated carbocycles. The van der Waals surface area contributed by atoms with Gasteiger partial charge in [0.25, 0.3) is 5.91 Å². The third kappa shape index (κ3) is 4.46. The first-order valence-corrected chi connectivity index (χ1v) is 11.2. The molecule has 0 aliphatic carbocycles. The quantitative estimate of drug-likeness (QED) is 0.432. The Morgan fingerprint density at radius 1 is 1.06 bits per heavy atom. The Kier molecular flexibility index (Phi) is 6.28. The van der Waals surface area contributed by atoms with Crippen molar-refractivity contribution in [3.05, 3.63) is 75.2 Å². The summed E-state index contributed by atoms with van der Waals surface area (Å²) < 4.78 is 15.0. The van der Waals surface area contributed by atoms with Crippen molar-refractivity contribution in [2.45, 2.75) is 61.7 Å². The van der Waals surface area contributed by atoms with Crippen LogP contribution >= 0.6 is 0 Å². The molecule has 0 bridgehead atoms. The second kappa shape index (κ2) is 9.17. The third-order valence-electron chi connectivity index (χ3n) is 6.12. The van der Waals surface area contributed by atoms with E-state index in [1.807, 2.05) is 75.2 Å². The molecule has 3 aromatic heterocycles.